The van der Waals surface area contributed by atoms with Gasteiger partial charge in [0.15, 0.2) is 0 Å². The lowest BCUT2D eigenvalue weighted by molar-refractivity contribution is 0.102. The van der Waals surface area contributed by atoms with Crippen molar-refractivity contribution in [3.05, 3.63) is 69.6 Å². The van der Waals surface area contributed by atoms with Gasteiger partial charge in [0.1, 0.15) is 10.0 Å². The molecular formula is C25H24N2OS2. The quantitative estimate of drug-likeness (QED) is 0.378. The number of thiazole rings is 1. The summed E-state index contributed by atoms with van der Waals surface area (Å²) in [6.45, 7) is 6.36. The van der Waals surface area contributed by atoms with E-state index < -0.39 is 0 Å². The number of benzene rings is 2. The minimum atomic E-state index is -0.0403. The van der Waals surface area contributed by atoms with Gasteiger partial charge in [-0.3, -0.25) is 4.79 Å². The van der Waals surface area contributed by atoms with Crippen LogP contribution in [0.2, 0.25) is 0 Å². The Morgan fingerprint density at radius 2 is 1.97 bits per heavy atom. The van der Waals surface area contributed by atoms with Gasteiger partial charge in [-0.15, -0.1) is 22.7 Å². The first-order chi connectivity index (χ1) is 14.5. The van der Waals surface area contributed by atoms with Crippen molar-refractivity contribution < 1.29 is 4.79 Å². The van der Waals surface area contributed by atoms with Crippen molar-refractivity contribution in [3.8, 4) is 10.6 Å². The molecule has 152 valence electrons. The molecule has 2 heterocycles. The molecule has 0 saturated heterocycles. The average molecular weight is 433 g/mol. The number of rotatable bonds is 3. The number of aromatic nitrogens is 1. The van der Waals surface area contributed by atoms with Gasteiger partial charge in [-0.2, -0.15) is 0 Å². The number of fused-ring (bicyclic) bond motifs is 2. The summed E-state index contributed by atoms with van der Waals surface area (Å²) in [6.07, 6.45) is 3.32. The second-order valence-electron chi connectivity index (χ2n) is 8.32. The Balaban J connectivity index is 1.60. The van der Waals surface area contributed by atoms with Crippen molar-refractivity contribution in [2.24, 2.45) is 5.92 Å². The van der Waals surface area contributed by atoms with Gasteiger partial charge in [-0.25, -0.2) is 4.98 Å². The molecule has 0 saturated carbocycles. The van der Waals surface area contributed by atoms with Gasteiger partial charge in [0.05, 0.1) is 10.2 Å². The van der Waals surface area contributed by atoms with Crippen LogP contribution in [0.15, 0.2) is 42.5 Å². The zero-order valence-electron chi connectivity index (χ0n) is 17.4. The molecule has 1 unspecified atom stereocenters. The van der Waals surface area contributed by atoms with Crippen LogP contribution in [0.3, 0.4) is 0 Å². The predicted molar refractivity (Wildman–Crippen MR) is 128 cm³/mol. The Morgan fingerprint density at radius 3 is 2.77 bits per heavy atom. The van der Waals surface area contributed by atoms with Crippen LogP contribution < -0.4 is 5.32 Å². The number of carbonyl (C=O) groups is 1. The number of hydrogen-bond acceptors (Lipinski definition) is 4. The van der Waals surface area contributed by atoms with Gasteiger partial charge in [-0.05, 0) is 68.4 Å². The number of para-hydroxylation sites is 1. The third-order valence-corrected chi connectivity index (χ3v) is 8.10. The molecule has 5 rings (SSSR count). The molecule has 1 amide bonds. The maximum Gasteiger partial charge on any atom is 0.256 e. The number of aryl methyl sites for hydroxylation is 2. The van der Waals surface area contributed by atoms with Gasteiger partial charge < -0.3 is 5.32 Å². The fraction of sp³-hybridized carbons (Fsp3) is 0.280. The van der Waals surface area contributed by atoms with E-state index in [4.69, 9.17) is 4.98 Å². The fourth-order valence-corrected chi connectivity index (χ4v) is 6.80. The highest BCUT2D eigenvalue weighted by atomic mass is 32.1. The minimum absolute atomic E-state index is 0.0403. The lowest BCUT2D eigenvalue weighted by Gasteiger charge is -2.18. The van der Waals surface area contributed by atoms with Crippen molar-refractivity contribution in [1.29, 1.82) is 0 Å². The van der Waals surface area contributed by atoms with Gasteiger partial charge in [0, 0.05) is 16.0 Å². The summed E-state index contributed by atoms with van der Waals surface area (Å²) in [6, 6.07) is 14.2. The lowest BCUT2D eigenvalue weighted by atomic mass is 9.88. The first-order valence-electron chi connectivity index (χ1n) is 10.4. The van der Waals surface area contributed by atoms with E-state index in [1.807, 2.05) is 25.1 Å². The molecule has 2 aromatic carbocycles. The highest BCUT2D eigenvalue weighted by Crippen LogP contribution is 2.47. The van der Waals surface area contributed by atoms with Crippen LogP contribution in [0.1, 0.15) is 45.3 Å². The standard InChI is InChI=1S/C25H24N2OS2/c1-14-8-10-17(16(3)12-14)23(28)27-25-22(18-11-9-15(2)13-21(18)30-25)24-26-19-6-4-5-7-20(19)29-24/h4-8,10,12,15H,9,11,13H2,1-3H3,(H,27,28). The Kier molecular flexibility index (Phi) is 4.95. The largest absolute Gasteiger partial charge is 0.313 e. The van der Waals surface area contributed by atoms with Gasteiger partial charge >= 0.3 is 0 Å². The molecule has 1 N–H and O–H groups in total. The van der Waals surface area contributed by atoms with E-state index in [1.165, 1.54) is 27.1 Å². The normalized spacial score (nSPS) is 15.9. The molecule has 30 heavy (non-hydrogen) atoms. The molecular weight excluding hydrogens is 408 g/mol. The number of anilines is 1. The van der Waals surface area contributed by atoms with Crippen LogP contribution in [0, 0.1) is 19.8 Å². The Morgan fingerprint density at radius 1 is 1.13 bits per heavy atom. The van der Waals surface area contributed by atoms with Crippen LogP contribution in [0.4, 0.5) is 5.00 Å². The van der Waals surface area contributed by atoms with Gasteiger partial charge in [0.25, 0.3) is 5.91 Å². The van der Waals surface area contributed by atoms with E-state index in [0.29, 0.717) is 5.92 Å². The van der Waals surface area contributed by atoms with Gasteiger partial charge in [0.2, 0.25) is 0 Å². The maximum atomic E-state index is 13.2. The van der Waals surface area contributed by atoms with E-state index >= 15 is 0 Å². The van der Waals surface area contributed by atoms with Crippen LogP contribution in [-0.2, 0) is 12.8 Å². The van der Waals surface area contributed by atoms with E-state index in [-0.39, 0.29) is 5.91 Å². The Bertz CT molecular complexity index is 1230. The Hall–Kier alpha value is -2.50. The monoisotopic (exact) mass is 432 g/mol. The number of carbonyl (C=O) groups excluding carboxylic acids is 1. The molecule has 0 bridgehead atoms. The summed E-state index contributed by atoms with van der Waals surface area (Å²) in [5, 5.41) is 5.20. The highest BCUT2D eigenvalue weighted by molar-refractivity contribution is 7.23. The summed E-state index contributed by atoms with van der Waals surface area (Å²) in [5.74, 6) is 0.642. The Labute approximate surface area is 184 Å². The third kappa shape index (κ3) is 3.46. The zero-order valence-corrected chi connectivity index (χ0v) is 19.0. The van der Waals surface area contributed by atoms with E-state index in [1.54, 1.807) is 22.7 Å². The molecule has 0 spiro atoms. The van der Waals surface area contributed by atoms with E-state index in [0.717, 1.165) is 45.1 Å². The SMILES string of the molecule is Cc1ccc(C(=O)Nc2sc3c(c2-c2nc4ccccc4s2)CCC(C)C3)c(C)c1. The van der Waals surface area contributed by atoms with Crippen LogP contribution in [-0.4, -0.2) is 10.9 Å². The smallest absolute Gasteiger partial charge is 0.256 e. The summed E-state index contributed by atoms with van der Waals surface area (Å²) in [4.78, 5) is 19.5. The summed E-state index contributed by atoms with van der Waals surface area (Å²) < 4.78 is 1.18. The molecule has 0 fully saturated rings. The van der Waals surface area contributed by atoms with Crippen molar-refractivity contribution in [2.75, 3.05) is 5.32 Å². The molecule has 5 heteroatoms. The van der Waals surface area contributed by atoms with Crippen molar-refractivity contribution in [3.63, 3.8) is 0 Å². The number of nitrogens with one attached hydrogen (secondary N) is 1. The van der Waals surface area contributed by atoms with E-state index in [2.05, 4.69) is 43.4 Å². The third-order valence-electron chi connectivity index (χ3n) is 5.87. The number of amides is 1. The molecule has 1 aliphatic rings. The fourth-order valence-electron chi connectivity index (χ4n) is 4.28. The average Bonchev–Trinajstić information content (AvgIpc) is 3.27. The summed E-state index contributed by atoms with van der Waals surface area (Å²) >= 11 is 3.45. The van der Waals surface area contributed by atoms with Crippen molar-refractivity contribution in [2.45, 2.75) is 40.0 Å². The first kappa shape index (κ1) is 19.5. The summed E-state index contributed by atoms with van der Waals surface area (Å²) in [5.41, 5.74) is 6.45. The number of nitrogens with zero attached hydrogens (tertiary/aromatic N) is 1. The number of hydrogen-bond donors (Lipinski definition) is 1. The van der Waals surface area contributed by atoms with Gasteiger partial charge in [-0.1, -0.05) is 36.8 Å². The zero-order chi connectivity index (χ0) is 20.8. The second-order valence-corrected chi connectivity index (χ2v) is 10.5. The highest BCUT2D eigenvalue weighted by Gasteiger charge is 2.27. The van der Waals surface area contributed by atoms with Crippen LogP contribution in [0.25, 0.3) is 20.8 Å². The summed E-state index contributed by atoms with van der Waals surface area (Å²) in [7, 11) is 0. The molecule has 0 aliphatic heterocycles. The molecule has 4 aromatic rings. The maximum absolute atomic E-state index is 13.2. The van der Waals surface area contributed by atoms with E-state index in [9.17, 15) is 4.79 Å². The molecule has 2 aromatic heterocycles. The number of thiophene rings is 1. The minimum Gasteiger partial charge on any atom is -0.313 e. The second kappa shape index (κ2) is 7.64. The van der Waals surface area contributed by atoms with Crippen molar-refractivity contribution in [1.82, 2.24) is 4.98 Å². The molecule has 3 nitrogen and oxygen atoms in total. The molecule has 1 atom stereocenters. The van der Waals surface area contributed by atoms with Crippen molar-refractivity contribution >= 4 is 43.8 Å². The first-order valence-corrected chi connectivity index (χ1v) is 12.0. The van der Waals surface area contributed by atoms with Crippen LogP contribution >= 0.6 is 22.7 Å². The molecule has 1 aliphatic carbocycles. The molecule has 0 radical (unpaired) electrons. The lowest BCUT2D eigenvalue weighted by Crippen LogP contribution is -2.13. The topological polar surface area (TPSA) is 42.0 Å². The van der Waals surface area contributed by atoms with Crippen LogP contribution in [0.5, 0.6) is 0 Å². The predicted octanol–water partition coefficient (Wildman–Crippen LogP) is 7.02.